The third kappa shape index (κ3) is 1.55. The van der Waals surface area contributed by atoms with Crippen molar-refractivity contribution in [3.63, 3.8) is 0 Å². The van der Waals surface area contributed by atoms with Crippen LogP contribution in [-0.2, 0) is 11.2 Å². The minimum Gasteiger partial charge on any atom is -0.453 e. The van der Waals surface area contributed by atoms with Crippen LogP contribution in [-0.4, -0.2) is 13.1 Å². The lowest BCUT2D eigenvalue weighted by Gasteiger charge is -2.01. The summed E-state index contributed by atoms with van der Waals surface area (Å²) in [5, 5.41) is 0. The summed E-state index contributed by atoms with van der Waals surface area (Å²) in [5.74, 6) is 0.159. The van der Waals surface area contributed by atoms with Gasteiger partial charge in [-0.15, -0.1) is 0 Å². The van der Waals surface area contributed by atoms with Gasteiger partial charge in [-0.05, 0) is 24.1 Å². The van der Waals surface area contributed by atoms with Crippen LogP contribution in [0.4, 0.5) is 4.39 Å². The molecular weight excluding hydrogens is 187 g/mol. The van der Waals surface area contributed by atoms with Crippen molar-refractivity contribution in [3.8, 4) is 11.5 Å². The molecule has 74 valence electrons. The molecule has 1 aliphatic heterocycles. The standard InChI is InChI=1S/C10H9FO3/c11-8-4-7(2-1-3-12)5-9-10(8)14-6-13-9/h3-5H,1-2,6H2. The smallest absolute Gasteiger partial charge is 0.231 e. The molecule has 2 rings (SSSR count). The number of carbonyl (C=O) groups is 1. The van der Waals surface area contributed by atoms with Gasteiger partial charge in [0.05, 0.1) is 0 Å². The van der Waals surface area contributed by atoms with Gasteiger partial charge in [0.25, 0.3) is 0 Å². The van der Waals surface area contributed by atoms with Crippen molar-refractivity contribution >= 4 is 6.29 Å². The fourth-order valence-electron chi connectivity index (χ4n) is 1.39. The minimum atomic E-state index is -0.430. The molecule has 0 saturated heterocycles. The second-order valence-electron chi connectivity index (χ2n) is 3.02. The van der Waals surface area contributed by atoms with E-state index >= 15 is 0 Å². The maximum Gasteiger partial charge on any atom is 0.231 e. The van der Waals surface area contributed by atoms with E-state index in [1.165, 1.54) is 6.07 Å². The van der Waals surface area contributed by atoms with Gasteiger partial charge in [-0.2, -0.15) is 0 Å². The summed E-state index contributed by atoms with van der Waals surface area (Å²) < 4.78 is 23.3. The molecule has 1 aromatic rings. The number of halogens is 1. The Balaban J connectivity index is 2.27. The minimum absolute atomic E-state index is 0.0589. The van der Waals surface area contributed by atoms with Gasteiger partial charge in [0.2, 0.25) is 12.5 Å². The third-order valence-electron chi connectivity index (χ3n) is 2.04. The van der Waals surface area contributed by atoms with Crippen LogP contribution in [0.3, 0.4) is 0 Å². The molecule has 0 saturated carbocycles. The number of rotatable bonds is 3. The molecule has 14 heavy (non-hydrogen) atoms. The Hall–Kier alpha value is -1.58. The van der Waals surface area contributed by atoms with Gasteiger partial charge < -0.3 is 14.3 Å². The number of benzene rings is 1. The number of fused-ring (bicyclic) bond motifs is 1. The molecule has 1 heterocycles. The Labute approximate surface area is 80.4 Å². The highest BCUT2D eigenvalue weighted by molar-refractivity contribution is 5.51. The summed E-state index contributed by atoms with van der Waals surface area (Å²) in [7, 11) is 0. The number of carbonyl (C=O) groups excluding carboxylic acids is 1. The Bertz CT molecular complexity index is 363. The van der Waals surface area contributed by atoms with Gasteiger partial charge in [0.1, 0.15) is 6.29 Å². The maximum atomic E-state index is 13.3. The molecule has 0 aliphatic carbocycles. The van der Waals surface area contributed by atoms with E-state index in [0.29, 0.717) is 18.6 Å². The summed E-state index contributed by atoms with van der Waals surface area (Å²) in [4.78, 5) is 10.1. The predicted molar refractivity (Wildman–Crippen MR) is 46.9 cm³/mol. The number of ether oxygens (including phenoxy) is 2. The quantitative estimate of drug-likeness (QED) is 0.690. The van der Waals surface area contributed by atoms with Crippen LogP contribution >= 0.6 is 0 Å². The van der Waals surface area contributed by atoms with Crippen LogP contribution < -0.4 is 9.47 Å². The van der Waals surface area contributed by atoms with E-state index < -0.39 is 5.82 Å². The Morgan fingerprint density at radius 1 is 1.43 bits per heavy atom. The molecule has 0 N–H and O–H groups in total. The maximum absolute atomic E-state index is 13.3. The zero-order valence-corrected chi connectivity index (χ0v) is 7.46. The summed E-state index contributed by atoms with van der Waals surface area (Å²) >= 11 is 0. The first-order chi connectivity index (χ1) is 6.81. The third-order valence-corrected chi connectivity index (χ3v) is 2.04. The molecule has 0 atom stereocenters. The van der Waals surface area contributed by atoms with Crippen molar-refractivity contribution in [2.45, 2.75) is 12.8 Å². The lowest BCUT2D eigenvalue weighted by atomic mass is 10.1. The molecule has 3 nitrogen and oxygen atoms in total. The van der Waals surface area contributed by atoms with Crippen LogP contribution in [0.2, 0.25) is 0 Å². The molecule has 1 aromatic carbocycles. The number of hydrogen-bond acceptors (Lipinski definition) is 3. The summed E-state index contributed by atoms with van der Waals surface area (Å²) in [5.41, 5.74) is 0.749. The number of aldehydes is 1. The number of hydrogen-bond donors (Lipinski definition) is 0. The predicted octanol–water partition coefficient (Wildman–Crippen LogP) is 1.69. The SMILES string of the molecule is O=CCCc1cc(F)c2c(c1)OCO2. The molecule has 0 aromatic heterocycles. The second-order valence-corrected chi connectivity index (χ2v) is 3.02. The molecule has 0 unspecified atom stereocenters. The number of aryl methyl sites for hydroxylation is 1. The Kier molecular flexibility index (Phi) is 2.35. The highest BCUT2D eigenvalue weighted by Gasteiger charge is 2.18. The first kappa shape index (κ1) is 8.99. The first-order valence-corrected chi connectivity index (χ1v) is 4.33. The highest BCUT2D eigenvalue weighted by atomic mass is 19.1. The van der Waals surface area contributed by atoms with E-state index in [4.69, 9.17) is 9.47 Å². The van der Waals surface area contributed by atoms with Crippen molar-refractivity contribution in [3.05, 3.63) is 23.5 Å². The van der Waals surface area contributed by atoms with Crippen molar-refractivity contribution in [1.82, 2.24) is 0 Å². The van der Waals surface area contributed by atoms with Gasteiger partial charge in [0, 0.05) is 6.42 Å². The largest absolute Gasteiger partial charge is 0.453 e. The van der Waals surface area contributed by atoms with Crippen molar-refractivity contribution in [1.29, 1.82) is 0 Å². The topological polar surface area (TPSA) is 35.5 Å². The van der Waals surface area contributed by atoms with E-state index in [1.807, 2.05) is 0 Å². The van der Waals surface area contributed by atoms with Crippen LogP contribution in [0.15, 0.2) is 12.1 Å². The van der Waals surface area contributed by atoms with E-state index in [9.17, 15) is 9.18 Å². The van der Waals surface area contributed by atoms with Crippen LogP contribution in [0.1, 0.15) is 12.0 Å². The van der Waals surface area contributed by atoms with E-state index in [-0.39, 0.29) is 12.5 Å². The van der Waals surface area contributed by atoms with E-state index in [2.05, 4.69) is 0 Å². The first-order valence-electron chi connectivity index (χ1n) is 4.33. The average molecular weight is 196 g/mol. The van der Waals surface area contributed by atoms with Gasteiger partial charge in [-0.25, -0.2) is 4.39 Å². The Morgan fingerprint density at radius 2 is 2.29 bits per heavy atom. The summed E-state index contributed by atoms with van der Waals surface area (Å²) in [6.07, 6.45) is 1.72. The molecule has 4 heteroatoms. The molecule has 0 bridgehead atoms. The van der Waals surface area contributed by atoms with Crippen LogP contribution in [0.25, 0.3) is 0 Å². The highest BCUT2D eigenvalue weighted by Crippen LogP contribution is 2.35. The van der Waals surface area contributed by atoms with Crippen LogP contribution in [0.5, 0.6) is 11.5 Å². The van der Waals surface area contributed by atoms with Gasteiger partial charge in [-0.1, -0.05) is 0 Å². The van der Waals surface area contributed by atoms with Crippen molar-refractivity contribution < 1.29 is 18.7 Å². The van der Waals surface area contributed by atoms with Gasteiger partial charge in [-0.3, -0.25) is 0 Å². The molecule has 1 aliphatic rings. The van der Waals surface area contributed by atoms with Crippen molar-refractivity contribution in [2.24, 2.45) is 0 Å². The zero-order valence-electron chi connectivity index (χ0n) is 7.46. The average Bonchev–Trinajstić information content (AvgIpc) is 2.63. The summed E-state index contributed by atoms with van der Waals surface area (Å²) in [6.45, 7) is 0.0589. The van der Waals surface area contributed by atoms with Gasteiger partial charge in [0.15, 0.2) is 11.6 Å². The molecule has 0 radical (unpaired) electrons. The molecule has 0 amide bonds. The van der Waals surface area contributed by atoms with E-state index in [0.717, 1.165) is 11.8 Å². The molecular formula is C10H9FO3. The fraction of sp³-hybridized carbons (Fsp3) is 0.300. The monoisotopic (exact) mass is 196 g/mol. The molecule has 0 spiro atoms. The zero-order chi connectivity index (χ0) is 9.97. The summed E-state index contributed by atoms with van der Waals surface area (Å²) in [6, 6.07) is 3.08. The molecule has 0 fully saturated rings. The second kappa shape index (κ2) is 3.65. The fourth-order valence-corrected chi connectivity index (χ4v) is 1.39. The lowest BCUT2D eigenvalue weighted by molar-refractivity contribution is -0.107. The Morgan fingerprint density at radius 3 is 3.07 bits per heavy atom. The normalized spacial score (nSPS) is 12.9. The van der Waals surface area contributed by atoms with Crippen LogP contribution in [0, 0.1) is 5.82 Å². The lowest BCUT2D eigenvalue weighted by Crippen LogP contribution is -1.93. The van der Waals surface area contributed by atoms with E-state index in [1.54, 1.807) is 6.07 Å². The van der Waals surface area contributed by atoms with Crippen molar-refractivity contribution in [2.75, 3.05) is 6.79 Å². The van der Waals surface area contributed by atoms with Gasteiger partial charge >= 0.3 is 0 Å².